The van der Waals surface area contributed by atoms with Gasteiger partial charge in [0, 0.05) is 9.35 Å². The van der Waals surface area contributed by atoms with E-state index in [4.69, 9.17) is 0 Å². The van der Waals surface area contributed by atoms with E-state index in [2.05, 4.69) is 58.7 Å². The van der Waals surface area contributed by atoms with Crippen molar-refractivity contribution < 1.29 is 0 Å². The van der Waals surface area contributed by atoms with Gasteiger partial charge in [0.15, 0.2) is 0 Å². The lowest BCUT2D eigenvalue weighted by Crippen LogP contribution is -2.12. The second-order valence-corrected chi connectivity index (χ2v) is 6.69. The van der Waals surface area contributed by atoms with E-state index in [1.807, 2.05) is 11.3 Å². The highest BCUT2D eigenvalue weighted by Crippen LogP contribution is 2.39. The zero-order valence-corrected chi connectivity index (χ0v) is 11.4. The largest absolute Gasteiger partial charge is 0.132 e. The van der Waals surface area contributed by atoms with Crippen LogP contribution in [0.2, 0.25) is 0 Å². The van der Waals surface area contributed by atoms with Crippen LogP contribution in [0.4, 0.5) is 0 Å². The summed E-state index contributed by atoms with van der Waals surface area (Å²) in [5.74, 6) is 0. The van der Waals surface area contributed by atoms with E-state index in [0.717, 1.165) is 0 Å². The van der Waals surface area contributed by atoms with Gasteiger partial charge < -0.3 is 0 Å². The summed E-state index contributed by atoms with van der Waals surface area (Å²) in [6, 6.07) is 2.21. The lowest BCUT2D eigenvalue weighted by atomic mass is 9.89. The zero-order chi connectivity index (χ0) is 9.35. The highest BCUT2D eigenvalue weighted by Gasteiger charge is 2.21. The van der Waals surface area contributed by atoms with Crippen molar-refractivity contribution in [3.05, 3.63) is 19.2 Å². The number of hydrogen-bond donors (Lipinski definition) is 0. The molecule has 1 heterocycles. The number of rotatable bonds is 2. The van der Waals surface area contributed by atoms with Crippen LogP contribution in [0.5, 0.6) is 0 Å². The normalized spacial score (nSPS) is 12.1. The zero-order valence-electron chi connectivity index (χ0n) is 7.45. The Hall–Kier alpha value is 0.660. The molecule has 0 aliphatic carbocycles. The molecule has 0 aliphatic heterocycles. The highest BCUT2D eigenvalue weighted by atomic mass is 79.9. The van der Waals surface area contributed by atoms with Crippen molar-refractivity contribution in [3.63, 3.8) is 0 Å². The summed E-state index contributed by atoms with van der Waals surface area (Å²) in [6.45, 7) is 6.77. The molecule has 0 fully saturated rings. The molecule has 0 nitrogen and oxygen atoms in total. The third kappa shape index (κ3) is 2.12. The van der Waals surface area contributed by atoms with Gasteiger partial charge in [0.2, 0.25) is 0 Å². The van der Waals surface area contributed by atoms with Crippen LogP contribution >= 0.6 is 43.2 Å². The van der Waals surface area contributed by atoms with Crippen LogP contribution < -0.4 is 0 Å². The average Bonchev–Trinajstić information content (AvgIpc) is 2.33. The van der Waals surface area contributed by atoms with E-state index < -0.39 is 0 Å². The summed E-state index contributed by atoms with van der Waals surface area (Å²) in [5.41, 5.74) is 0.305. The number of thiophene rings is 1. The fraction of sp³-hybridized carbons (Fsp3) is 0.556. The van der Waals surface area contributed by atoms with Crippen molar-refractivity contribution in [3.8, 4) is 0 Å². The van der Waals surface area contributed by atoms with E-state index >= 15 is 0 Å². The minimum atomic E-state index is 0.305. The molecule has 1 aromatic heterocycles. The van der Waals surface area contributed by atoms with Gasteiger partial charge in [0.1, 0.15) is 0 Å². The molecule has 0 amide bonds. The first-order chi connectivity index (χ1) is 5.47. The van der Waals surface area contributed by atoms with Gasteiger partial charge in [-0.05, 0) is 49.8 Å². The van der Waals surface area contributed by atoms with Crippen molar-refractivity contribution in [1.29, 1.82) is 0 Å². The van der Waals surface area contributed by atoms with Crippen LogP contribution in [0.25, 0.3) is 0 Å². The topological polar surface area (TPSA) is 0 Å². The Morgan fingerprint density at radius 2 is 2.00 bits per heavy atom. The van der Waals surface area contributed by atoms with Gasteiger partial charge in [-0.2, -0.15) is 0 Å². The number of hydrogen-bond acceptors (Lipinski definition) is 1. The minimum Gasteiger partial charge on any atom is -0.132 e. The number of halogens is 2. The molecule has 0 spiro atoms. The Kier molecular flexibility index (Phi) is 3.41. The molecule has 1 aromatic rings. The SMILES string of the molecule is CCC(C)(C)c1cc(Br)c(Br)s1. The molecule has 0 unspecified atom stereocenters. The van der Waals surface area contributed by atoms with E-state index in [1.165, 1.54) is 19.6 Å². The quantitative estimate of drug-likeness (QED) is 0.724. The molecule has 68 valence electrons. The Labute approximate surface area is 94.6 Å². The van der Waals surface area contributed by atoms with Gasteiger partial charge in [-0.1, -0.05) is 20.8 Å². The molecule has 0 saturated heterocycles. The predicted octanol–water partition coefficient (Wildman–Crippen LogP) is 4.96. The van der Waals surface area contributed by atoms with Crippen LogP contribution in [0.3, 0.4) is 0 Å². The fourth-order valence-electron chi connectivity index (χ4n) is 0.854. The Bertz CT molecular complexity index is 257. The van der Waals surface area contributed by atoms with Crippen molar-refractivity contribution in [2.45, 2.75) is 32.6 Å². The third-order valence-electron chi connectivity index (χ3n) is 2.20. The van der Waals surface area contributed by atoms with Crippen LogP contribution in [0.1, 0.15) is 32.1 Å². The van der Waals surface area contributed by atoms with E-state index in [1.54, 1.807) is 0 Å². The van der Waals surface area contributed by atoms with Gasteiger partial charge in [-0.15, -0.1) is 11.3 Å². The molecular weight excluding hydrogens is 300 g/mol. The molecule has 0 atom stereocenters. The van der Waals surface area contributed by atoms with Crippen molar-refractivity contribution >= 4 is 43.2 Å². The maximum atomic E-state index is 3.51. The molecule has 0 radical (unpaired) electrons. The second kappa shape index (κ2) is 3.81. The molecule has 0 aliphatic rings. The van der Waals surface area contributed by atoms with Crippen LogP contribution in [0, 0.1) is 0 Å². The molecule has 0 saturated carbocycles. The van der Waals surface area contributed by atoms with Gasteiger partial charge in [0.05, 0.1) is 3.79 Å². The van der Waals surface area contributed by atoms with Crippen molar-refractivity contribution in [2.24, 2.45) is 0 Å². The average molecular weight is 312 g/mol. The fourth-order valence-corrected chi connectivity index (χ4v) is 3.06. The first-order valence-corrected chi connectivity index (χ1v) is 6.33. The van der Waals surface area contributed by atoms with Gasteiger partial charge in [-0.3, -0.25) is 0 Å². The van der Waals surface area contributed by atoms with Crippen molar-refractivity contribution in [1.82, 2.24) is 0 Å². The van der Waals surface area contributed by atoms with Gasteiger partial charge >= 0.3 is 0 Å². The lowest BCUT2D eigenvalue weighted by molar-refractivity contribution is 0.517. The summed E-state index contributed by atoms with van der Waals surface area (Å²) < 4.78 is 2.36. The lowest BCUT2D eigenvalue weighted by Gasteiger charge is -2.20. The van der Waals surface area contributed by atoms with Crippen LogP contribution in [0.15, 0.2) is 14.3 Å². The molecule has 0 N–H and O–H groups in total. The smallest absolute Gasteiger partial charge is 0.0843 e. The van der Waals surface area contributed by atoms with Gasteiger partial charge in [0.25, 0.3) is 0 Å². The van der Waals surface area contributed by atoms with Crippen LogP contribution in [-0.2, 0) is 5.41 Å². The maximum Gasteiger partial charge on any atom is 0.0843 e. The van der Waals surface area contributed by atoms with Gasteiger partial charge in [-0.25, -0.2) is 0 Å². The Morgan fingerprint density at radius 1 is 1.42 bits per heavy atom. The van der Waals surface area contributed by atoms with Crippen LogP contribution in [-0.4, -0.2) is 0 Å². The predicted molar refractivity (Wildman–Crippen MR) is 63.0 cm³/mol. The summed E-state index contributed by atoms with van der Waals surface area (Å²) >= 11 is 8.83. The summed E-state index contributed by atoms with van der Waals surface area (Å²) in [6.07, 6.45) is 1.17. The first kappa shape index (κ1) is 10.7. The second-order valence-electron chi connectivity index (χ2n) is 3.47. The Balaban J connectivity index is 3.04. The molecule has 0 aromatic carbocycles. The molecule has 3 heteroatoms. The summed E-state index contributed by atoms with van der Waals surface area (Å²) in [4.78, 5) is 1.43. The molecule has 12 heavy (non-hydrogen) atoms. The monoisotopic (exact) mass is 310 g/mol. The minimum absolute atomic E-state index is 0.305. The Morgan fingerprint density at radius 3 is 2.33 bits per heavy atom. The van der Waals surface area contributed by atoms with E-state index in [9.17, 15) is 0 Å². The highest BCUT2D eigenvalue weighted by molar-refractivity contribution is 9.13. The molecule has 0 bridgehead atoms. The molecule has 1 rings (SSSR count). The van der Waals surface area contributed by atoms with Crippen molar-refractivity contribution in [2.75, 3.05) is 0 Å². The molecular formula is C9H12Br2S. The van der Waals surface area contributed by atoms with E-state index in [0.29, 0.717) is 5.41 Å². The standard InChI is InChI=1S/C9H12Br2S/c1-4-9(2,3)7-5-6(10)8(11)12-7/h5H,4H2,1-3H3. The first-order valence-electron chi connectivity index (χ1n) is 3.92. The summed E-state index contributed by atoms with van der Waals surface area (Å²) in [7, 11) is 0. The summed E-state index contributed by atoms with van der Waals surface area (Å²) in [5, 5.41) is 0. The maximum absolute atomic E-state index is 3.51. The third-order valence-corrected chi connectivity index (χ3v) is 5.82. The van der Waals surface area contributed by atoms with E-state index in [-0.39, 0.29) is 0 Å².